The fourth-order valence-corrected chi connectivity index (χ4v) is 4.82. The second-order valence-electron chi connectivity index (χ2n) is 8.53. The molecule has 0 spiro atoms. The maximum atomic E-state index is 13.6. The van der Waals surface area contributed by atoms with E-state index >= 15 is 0 Å². The Balaban J connectivity index is 1.79. The summed E-state index contributed by atoms with van der Waals surface area (Å²) in [7, 11) is 3.22. The van der Waals surface area contributed by atoms with Gasteiger partial charge in [0.1, 0.15) is 6.54 Å². The lowest BCUT2D eigenvalue weighted by Crippen LogP contribution is -2.46. The van der Waals surface area contributed by atoms with Crippen LogP contribution in [0.25, 0.3) is 0 Å². The van der Waals surface area contributed by atoms with Crippen LogP contribution in [0.15, 0.2) is 64.5 Å². The predicted molar refractivity (Wildman–Crippen MR) is 148 cm³/mol. The van der Waals surface area contributed by atoms with Crippen molar-refractivity contribution < 1.29 is 19.1 Å². The smallest absolute Gasteiger partial charge is 0.254 e. The van der Waals surface area contributed by atoms with Crippen molar-refractivity contribution in [1.29, 1.82) is 0 Å². The van der Waals surface area contributed by atoms with Gasteiger partial charge in [-0.05, 0) is 73.2 Å². The molecule has 0 fully saturated rings. The van der Waals surface area contributed by atoms with Crippen LogP contribution in [-0.2, 0) is 17.8 Å². The Morgan fingerprint density at radius 3 is 2.36 bits per heavy atom. The number of thiophene rings is 1. The van der Waals surface area contributed by atoms with Gasteiger partial charge in [0.25, 0.3) is 5.91 Å². The van der Waals surface area contributed by atoms with Crippen LogP contribution in [0.4, 0.5) is 0 Å². The molecule has 0 aliphatic carbocycles. The first kappa shape index (κ1) is 27.7. The Morgan fingerprint density at radius 2 is 1.75 bits per heavy atom. The number of ether oxygens (including phenoxy) is 2. The number of carbonyl (C=O) groups is 2. The van der Waals surface area contributed by atoms with Gasteiger partial charge in [0.15, 0.2) is 11.5 Å². The van der Waals surface area contributed by atoms with E-state index in [9.17, 15) is 9.59 Å². The van der Waals surface area contributed by atoms with Crippen molar-refractivity contribution in [3.8, 4) is 11.5 Å². The first-order chi connectivity index (χ1) is 17.4. The number of carbonyl (C=O) groups excluding carboxylic acids is 2. The molecule has 0 bridgehead atoms. The average molecular weight is 574 g/mol. The van der Waals surface area contributed by atoms with Crippen LogP contribution < -0.4 is 9.47 Å². The van der Waals surface area contributed by atoms with E-state index in [1.165, 1.54) is 0 Å². The largest absolute Gasteiger partial charge is 0.493 e. The predicted octanol–water partition coefficient (Wildman–Crippen LogP) is 6.04. The minimum Gasteiger partial charge on any atom is -0.493 e. The van der Waals surface area contributed by atoms with Crippen molar-refractivity contribution in [2.75, 3.05) is 27.3 Å². The van der Waals surface area contributed by atoms with E-state index in [1.54, 1.807) is 42.6 Å². The monoisotopic (exact) mass is 572 g/mol. The molecule has 0 aliphatic heterocycles. The number of amides is 2. The van der Waals surface area contributed by atoms with E-state index in [1.807, 2.05) is 66.6 Å². The normalized spacial score (nSPS) is 11.6. The summed E-state index contributed by atoms with van der Waals surface area (Å²) in [6, 6.07) is 17.0. The van der Waals surface area contributed by atoms with Crippen LogP contribution >= 0.6 is 27.3 Å². The quantitative estimate of drug-likeness (QED) is 0.265. The molecule has 1 heterocycles. The van der Waals surface area contributed by atoms with Gasteiger partial charge in [0.2, 0.25) is 5.91 Å². The summed E-state index contributed by atoms with van der Waals surface area (Å²) in [6.07, 6.45) is 1.41. The first-order valence-corrected chi connectivity index (χ1v) is 13.6. The molecule has 2 aromatic carbocycles. The lowest BCUT2D eigenvalue weighted by atomic mass is 10.1. The van der Waals surface area contributed by atoms with Crippen molar-refractivity contribution >= 4 is 39.1 Å². The third-order valence-corrected chi connectivity index (χ3v) is 7.57. The van der Waals surface area contributed by atoms with E-state index in [0.29, 0.717) is 36.6 Å². The fraction of sp³-hybridized carbons (Fsp3) is 0.357. The Bertz CT molecular complexity index is 1130. The summed E-state index contributed by atoms with van der Waals surface area (Å²) >= 11 is 5.04. The zero-order valence-electron chi connectivity index (χ0n) is 21.2. The summed E-state index contributed by atoms with van der Waals surface area (Å²) in [6.45, 7) is 5.06. The number of benzene rings is 2. The lowest BCUT2D eigenvalue weighted by molar-refractivity contribution is -0.132. The Morgan fingerprint density at radius 1 is 1.03 bits per heavy atom. The van der Waals surface area contributed by atoms with Crippen molar-refractivity contribution in [3.63, 3.8) is 0 Å². The highest BCUT2D eigenvalue weighted by molar-refractivity contribution is 9.10. The van der Waals surface area contributed by atoms with Gasteiger partial charge in [-0.2, -0.15) is 0 Å². The minimum absolute atomic E-state index is 0.0290. The van der Waals surface area contributed by atoms with Gasteiger partial charge in [0, 0.05) is 27.5 Å². The molecule has 0 radical (unpaired) electrons. The minimum atomic E-state index is -0.138. The molecule has 192 valence electrons. The maximum absolute atomic E-state index is 13.6. The molecular formula is C28H33BrN2O4S. The molecule has 0 saturated heterocycles. The number of halogens is 1. The third-order valence-electron chi connectivity index (χ3n) is 6.18. The molecule has 0 aliphatic rings. The van der Waals surface area contributed by atoms with Crippen LogP contribution in [0.2, 0.25) is 0 Å². The summed E-state index contributed by atoms with van der Waals surface area (Å²) in [5, 5.41) is 2.01. The van der Waals surface area contributed by atoms with Gasteiger partial charge in [-0.1, -0.05) is 35.0 Å². The van der Waals surface area contributed by atoms with Crippen molar-refractivity contribution in [1.82, 2.24) is 9.80 Å². The number of hydrogen-bond donors (Lipinski definition) is 0. The second kappa shape index (κ2) is 13.5. The fourth-order valence-electron chi connectivity index (χ4n) is 3.83. The van der Waals surface area contributed by atoms with Crippen LogP contribution in [0.5, 0.6) is 11.5 Å². The highest BCUT2D eigenvalue weighted by Crippen LogP contribution is 2.28. The summed E-state index contributed by atoms with van der Waals surface area (Å²) in [5.41, 5.74) is 1.61. The van der Waals surface area contributed by atoms with Gasteiger partial charge in [-0.25, -0.2) is 0 Å². The third kappa shape index (κ3) is 7.34. The molecule has 1 atom stereocenters. The maximum Gasteiger partial charge on any atom is 0.254 e. The van der Waals surface area contributed by atoms with E-state index in [2.05, 4.69) is 15.9 Å². The number of methoxy groups -OCH3 is 2. The summed E-state index contributed by atoms with van der Waals surface area (Å²) in [5.74, 6) is 1.12. The van der Waals surface area contributed by atoms with Gasteiger partial charge in [-0.15, -0.1) is 11.3 Å². The molecule has 2 amide bonds. The Kier molecular flexibility index (Phi) is 10.4. The topological polar surface area (TPSA) is 59.1 Å². The Hall–Kier alpha value is -2.84. The van der Waals surface area contributed by atoms with Crippen molar-refractivity contribution in [2.24, 2.45) is 0 Å². The van der Waals surface area contributed by atoms with Gasteiger partial charge in [0.05, 0.1) is 20.8 Å². The lowest BCUT2D eigenvalue weighted by Gasteiger charge is -2.31. The summed E-state index contributed by atoms with van der Waals surface area (Å²) < 4.78 is 11.7. The molecule has 36 heavy (non-hydrogen) atoms. The van der Waals surface area contributed by atoms with Gasteiger partial charge < -0.3 is 19.3 Å². The van der Waals surface area contributed by atoms with E-state index in [4.69, 9.17) is 9.47 Å². The molecule has 3 aromatic rings. The van der Waals surface area contributed by atoms with Crippen molar-refractivity contribution in [2.45, 2.75) is 39.3 Å². The van der Waals surface area contributed by atoms with E-state index in [-0.39, 0.29) is 24.4 Å². The van der Waals surface area contributed by atoms with Gasteiger partial charge in [-0.3, -0.25) is 9.59 Å². The standard InChI is InChI=1S/C28H33BrN2O4S/c1-5-20(2)31(28(33)22-9-11-23(29)12-10-22)19-27(32)30(18-24-7-6-16-36-24)15-14-21-8-13-25(34-3)26(17-21)35-4/h6-13,16-17,20H,5,14-15,18-19H2,1-4H3. The summed E-state index contributed by atoms with van der Waals surface area (Å²) in [4.78, 5) is 31.6. The molecule has 8 heteroatoms. The molecule has 3 rings (SSSR count). The highest BCUT2D eigenvalue weighted by atomic mass is 79.9. The molecule has 0 N–H and O–H groups in total. The number of hydrogen-bond acceptors (Lipinski definition) is 5. The first-order valence-electron chi connectivity index (χ1n) is 11.9. The van der Waals surface area contributed by atoms with E-state index in [0.717, 1.165) is 21.3 Å². The molecule has 6 nitrogen and oxygen atoms in total. The Labute approximate surface area is 226 Å². The van der Waals surface area contributed by atoms with Gasteiger partial charge >= 0.3 is 0 Å². The van der Waals surface area contributed by atoms with Crippen LogP contribution in [0.1, 0.15) is 41.1 Å². The number of rotatable bonds is 12. The average Bonchev–Trinajstić information content (AvgIpc) is 3.42. The van der Waals surface area contributed by atoms with Crippen molar-refractivity contribution in [3.05, 3.63) is 80.5 Å². The van der Waals surface area contributed by atoms with Crippen LogP contribution in [0, 0.1) is 0 Å². The van der Waals surface area contributed by atoms with Crippen LogP contribution in [0.3, 0.4) is 0 Å². The molecular weight excluding hydrogens is 540 g/mol. The molecule has 0 saturated carbocycles. The molecule has 1 unspecified atom stereocenters. The zero-order valence-corrected chi connectivity index (χ0v) is 23.6. The molecule has 1 aromatic heterocycles. The number of nitrogens with zero attached hydrogens (tertiary/aromatic N) is 2. The zero-order chi connectivity index (χ0) is 26.1. The van der Waals surface area contributed by atoms with Crippen LogP contribution in [-0.4, -0.2) is 55.0 Å². The SMILES string of the molecule is CCC(C)N(CC(=O)N(CCc1ccc(OC)c(OC)c1)Cc1cccs1)C(=O)c1ccc(Br)cc1. The second-order valence-corrected chi connectivity index (χ2v) is 10.5. The highest BCUT2D eigenvalue weighted by Gasteiger charge is 2.26. The van der Waals surface area contributed by atoms with E-state index < -0.39 is 0 Å².